The predicted molar refractivity (Wildman–Crippen MR) is 116 cm³/mol. The van der Waals surface area contributed by atoms with E-state index in [-0.39, 0.29) is 24.2 Å². The van der Waals surface area contributed by atoms with Crippen molar-refractivity contribution >= 4 is 39.0 Å². The number of amides is 1. The number of nitrogens with zero attached hydrogens (tertiary/aromatic N) is 1. The van der Waals surface area contributed by atoms with E-state index in [0.717, 1.165) is 4.88 Å². The molecular formula is C20H25FN2O3S3. The van der Waals surface area contributed by atoms with Gasteiger partial charge in [0.25, 0.3) is 10.0 Å². The zero-order chi connectivity index (χ0) is 20.9. The Kier molecular flexibility index (Phi) is 7.72. The molecule has 2 heterocycles. The van der Waals surface area contributed by atoms with E-state index in [0.29, 0.717) is 47.2 Å². The molecule has 1 unspecified atom stereocenters. The summed E-state index contributed by atoms with van der Waals surface area (Å²) in [5, 5.41) is 2.90. The Bertz CT molecular complexity index is 946. The number of carbonyl (C=O) groups is 1. The summed E-state index contributed by atoms with van der Waals surface area (Å²) in [7, 11) is -3.54. The van der Waals surface area contributed by atoms with E-state index in [1.807, 2.05) is 6.92 Å². The highest BCUT2D eigenvalue weighted by molar-refractivity contribution is 7.98. The minimum atomic E-state index is -3.54. The van der Waals surface area contributed by atoms with Gasteiger partial charge >= 0.3 is 0 Å². The Hall–Kier alpha value is -1.42. The molecule has 1 N–H and O–H groups in total. The summed E-state index contributed by atoms with van der Waals surface area (Å²) in [6.45, 7) is 3.01. The van der Waals surface area contributed by atoms with Crippen molar-refractivity contribution < 1.29 is 17.6 Å². The van der Waals surface area contributed by atoms with Gasteiger partial charge in [-0.2, -0.15) is 16.1 Å². The van der Waals surface area contributed by atoms with Gasteiger partial charge in [-0.25, -0.2) is 12.8 Å². The lowest BCUT2D eigenvalue weighted by atomic mass is 9.99. The Morgan fingerprint density at radius 2 is 2.10 bits per heavy atom. The van der Waals surface area contributed by atoms with Crippen molar-refractivity contribution in [2.75, 3.05) is 25.4 Å². The van der Waals surface area contributed by atoms with Crippen LogP contribution in [0.15, 0.2) is 40.6 Å². The number of nitrogens with one attached hydrogen (secondary N) is 1. The monoisotopic (exact) mass is 456 g/mol. The van der Waals surface area contributed by atoms with E-state index < -0.39 is 10.0 Å². The standard InChI is InChI=1S/C20H25FN2O3S3/c1-15-8-9-19(28-15)29(25,26)23-11-4-6-16(13-23)20(24)22-10-12-27-14-17-5-2-3-7-18(17)21/h2-3,5,7-9,16H,4,6,10-14H2,1H3,(H,22,24). The average molecular weight is 457 g/mol. The number of hydrogen-bond donors (Lipinski definition) is 1. The molecule has 1 amide bonds. The van der Waals surface area contributed by atoms with Crippen LogP contribution in [0.5, 0.6) is 0 Å². The van der Waals surface area contributed by atoms with Gasteiger partial charge in [-0.3, -0.25) is 4.79 Å². The van der Waals surface area contributed by atoms with Gasteiger partial charge in [-0.05, 0) is 43.5 Å². The lowest BCUT2D eigenvalue weighted by Gasteiger charge is -2.30. The molecule has 1 aliphatic heterocycles. The number of aryl methyl sites for hydroxylation is 1. The van der Waals surface area contributed by atoms with E-state index in [2.05, 4.69) is 5.32 Å². The molecule has 2 aromatic rings. The highest BCUT2D eigenvalue weighted by Gasteiger charge is 2.33. The molecule has 0 saturated carbocycles. The second kappa shape index (κ2) is 10.1. The van der Waals surface area contributed by atoms with E-state index >= 15 is 0 Å². The maximum Gasteiger partial charge on any atom is 0.252 e. The smallest absolute Gasteiger partial charge is 0.252 e. The Labute approximate surface area is 179 Å². The van der Waals surface area contributed by atoms with Gasteiger partial charge in [0.15, 0.2) is 0 Å². The third kappa shape index (κ3) is 5.81. The van der Waals surface area contributed by atoms with Crippen molar-refractivity contribution in [3.05, 3.63) is 52.7 Å². The summed E-state index contributed by atoms with van der Waals surface area (Å²) < 4.78 is 41.0. The molecule has 0 radical (unpaired) electrons. The minimum absolute atomic E-state index is 0.112. The molecule has 0 bridgehead atoms. The highest BCUT2D eigenvalue weighted by Crippen LogP contribution is 2.28. The summed E-state index contributed by atoms with van der Waals surface area (Å²) in [6, 6.07) is 10.1. The molecule has 1 aromatic heterocycles. The van der Waals surface area contributed by atoms with Crippen LogP contribution >= 0.6 is 23.1 Å². The van der Waals surface area contributed by atoms with Gasteiger partial charge in [-0.1, -0.05) is 18.2 Å². The summed E-state index contributed by atoms with van der Waals surface area (Å²) in [6.07, 6.45) is 1.35. The van der Waals surface area contributed by atoms with Crippen LogP contribution in [0.1, 0.15) is 23.3 Å². The number of halogens is 1. The van der Waals surface area contributed by atoms with E-state index in [1.54, 1.807) is 42.1 Å². The zero-order valence-electron chi connectivity index (χ0n) is 16.3. The summed E-state index contributed by atoms with van der Waals surface area (Å²) in [4.78, 5) is 13.4. The molecule has 3 rings (SSSR count). The fourth-order valence-corrected chi connectivity index (χ4v) is 7.05. The van der Waals surface area contributed by atoms with Crippen molar-refractivity contribution in [2.45, 2.75) is 29.7 Å². The number of sulfonamides is 1. The van der Waals surface area contributed by atoms with Gasteiger partial charge in [0.2, 0.25) is 5.91 Å². The normalized spacial score (nSPS) is 17.9. The molecular weight excluding hydrogens is 431 g/mol. The molecule has 1 aromatic carbocycles. The number of rotatable bonds is 8. The SMILES string of the molecule is Cc1ccc(S(=O)(=O)N2CCCC(C(=O)NCCSCc3ccccc3F)C2)s1. The number of carbonyl (C=O) groups excluding carboxylic acids is 1. The van der Waals surface area contributed by atoms with Crippen molar-refractivity contribution in [2.24, 2.45) is 5.92 Å². The van der Waals surface area contributed by atoms with Crippen LogP contribution in [0.25, 0.3) is 0 Å². The van der Waals surface area contributed by atoms with Crippen LogP contribution in [0.2, 0.25) is 0 Å². The molecule has 1 aliphatic rings. The Balaban J connectivity index is 1.45. The third-order valence-electron chi connectivity index (χ3n) is 4.83. The summed E-state index contributed by atoms with van der Waals surface area (Å²) in [5.74, 6) is 0.560. The topological polar surface area (TPSA) is 66.5 Å². The fourth-order valence-electron chi connectivity index (χ4n) is 3.24. The quantitative estimate of drug-likeness (QED) is 0.616. The molecule has 0 aliphatic carbocycles. The number of thioether (sulfide) groups is 1. The van der Waals surface area contributed by atoms with Crippen molar-refractivity contribution in [1.29, 1.82) is 0 Å². The summed E-state index contributed by atoms with van der Waals surface area (Å²) >= 11 is 2.81. The van der Waals surface area contributed by atoms with Gasteiger partial charge in [0, 0.05) is 36.0 Å². The van der Waals surface area contributed by atoms with Crippen molar-refractivity contribution in [1.82, 2.24) is 9.62 Å². The molecule has 9 heteroatoms. The molecule has 29 heavy (non-hydrogen) atoms. The number of thiophene rings is 1. The number of piperidine rings is 1. The Morgan fingerprint density at radius 3 is 2.83 bits per heavy atom. The van der Waals surface area contributed by atoms with Crippen LogP contribution < -0.4 is 5.32 Å². The Morgan fingerprint density at radius 1 is 1.31 bits per heavy atom. The molecule has 1 atom stereocenters. The first-order valence-corrected chi connectivity index (χ1v) is 12.9. The lowest BCUT2D eigenvalue weighted by molar-refractivity contribution is -0.125. The highest BCUT2D eigenvalue weighted by atomic mass is 32.2. The molecule has 0 spiro atoms. The van der Waals surface area contributed by atoms with Gasteiger partial charge < -0.3 is 5.32 Å². The van der Waals surface area contributed by atoms with E-state index in [1.165, 1.54) is 21.7 Å². The van der Waals surface area contributed by atoms with E-state index in [9.17, 15) is 17.6 Å². The van der Waals surface area contributed by atoms with E-state index in [4.69, 9.17) is 0 Å². The molecule has 1 fully saturated rings. The van der Waals surface area contributed by atoms with Gasteiger partial charge in [0.1, 0.15) is 10.0 Å². The maximum atomic E-state index is 13.6. The first-order chi connectivity index (χ1) is 13.9. The first kappa shape index (κ1) is 22.3. The molecule has 158 valence electrons. The van der Waals surface area contributed by atoms with Crippen LogP contribution in [-0.2, 0) is 20.6 Å². The third-order valence-corrected chi connectivity index (χ3v) is 9.17. The number of benzene rings is 1. The van der Waals surface area contributed by atoms with Crippen LogP contribution in [0.3, 0.4) is 0 Å². The molecule has 5 nitrogen and oxygen atoms in total. The second-order valence-electron chi connectivity index (χ2n) is 7.00. The lowest BCUT2D eigenvalue weighted by Crippen LogP contribution is -2.45. The average Bonchev–Trinajstić information content (AvgIpc) is 3.16. The van der Waals surface area contributed by atoms with Crippen molar-refractivity contribution in [3.63, 3.8) is 0 Å². The number of hydrogen-bond acceptors (Lipinski definition) is 5. The predicted octanol–water partition coefficient (Wildman–Crippen LogP) is 3.65. The van der Waals surface area contributed by atoms with Crippen LogP contribution in [-0.4, -0.2) is 44.0 Å². The minimum Gasteiger partial charge on any atom is -0.355 e. The van der Waals surface area contributed by atoms with Crippen LogP contribution in [0, 0.1) is 18.7 Å². The maximum absolute atomic E-state index is 13.6. The zero-order valence-corrected chi connectivity index (χ0v) is 18.7. The van der Waals surface area contributed by atoms with Crippen molar-refractivity contribution in [3.8, 4) is 0 Å². The fraction of sp³-hybridized carbons (Fsp3) is 0.450. The first-order valence-electron chi connectivity index (χ1n) is 9.53. The van der Waals surface area contributed by atoms with Gasteiger partial charge in [-0.15, -0.1) is 11.3 Å². The summed E-state index contributed by atoms with van der Waals surface area (Å²) in [5.41, 5.74) is 0.653. The van der Waals surface area contributed by atoms with Crippen LogP contribution in [0.4, 0.5) is 4.39 Å². The largest absolute Gasteiger partial charge is 0.355 e. The second-order valence-corrected chi connectivity index (χ2v) is 11.6. The molecule has 1 saturated heterocycles. The van der Waals surface area contributed by atoms with Gasteiger partial charge in [0.05, 0.1) is 5.92 Å².